The summed E-state index contributed by atoms with van der Waals surface area (Å²) in [5.41, 5.74) is 0. The zero-order valence-electron chi connectivity index (χ0n) is 11.8. The van der Waals surface area contributed by atoms with Gasteiger partial charge in [0, 0.05) is 10.9 Å². The molecule has 0 bridgehead atoms. The second-order valence-electron chi connectivity index (χ2n) is 6.00. The van der Waals surface area contributed by atoms with Crippen LogP contribution in [0.4, 0.5) is 0 Å². The van der Waals surface area contributed by atoms with Crippen molar-refractivity contribution in [1.82, 2.24) is 5.32 Å². The molecule has 0 radical (unpaired) electrons. The summed E-state index contributed by atoms with van der Waals surface area (Å²) in [6.45, 7) is 5.73. The molecule has 2 unspecified atom stereocenters. The van der Waals surface area contributed by atoms with E-state index in [1.807, 2.05) is 11.3 Å². The van der Waals surface area contributed by atoms with Crippen LogP contribution in [0.2, 0.25) is 0 Å². The Hall–Kier alpha value is -0.340. The summed E-state index contributed by atoms with van der Waals surface area (Å²) in [6.07, 6.45) is 8.49. The number of thiophene rings is 1. The lowest BCUT2D eigenvalue weighted by molar-refractivity contribution is 0.292. The van der Waals surface area contributed by atoms with E-state index in [-0.39, 0.29) is 0 Å². The Kier molecular flexibility index (Phi) is 5.71. The smallest absolute Gasteiger partial charge is 0.00480 e. The van der Waals surface area contributed by atoms with Gasteiger partial charge in [0.25, 0.3) is 0 Å². The van der Waals surface area contributed by atoms with E-state index in [0.717, 1.165) is 11.8 Å². The van der Waals surface area contributed by atoms with Gasteiger partial charge in [-0.3, -0.25) is 0 Å². The monoisotopic (exact) mass is 265 g/mol. The first-order valence-corrected chi connectivity index (χ1v) is 8.39. The lowest BCUT2D eigenvalue weighted by Gasteiger charge is -2.26. The molecule has 2 rings (SSSR count). The van der Waals surface area contributed by atoms with E-state index >= 15 is 0 Å². The normalized spacial score (nSPS) is 25.3. The average molecular weight is 265 g/mol. The third kappa shape index (κ3) is 4.40. The van der Waals surface area contributed by atoms with Gasteiger partial charge in [0.15, 0.2) is 0 Å². The molecule has 2 heteroatoms. The van der Waals surface area contributed by atoms with E-state index < -0.39 is 0 Å². The van der Waals surface area contributed by atoms with Gasteiger partial charge < -0.3 is 5.32 Å². The fourth-order valence-electron chi connectivity index (χ4n) is 3.07. The van der Waals surface area contributed by atoms with Gasteiger partial charge >= 0.3 is 0 Å². The van der Waals surface area contributed by atoms with Gasteiger partial charge in [-0.1, -0.05) is 39.2 Å². The second-order valence-corrected chi connectivity index (χ2v) is 7.04. The maximum absolute atomic E-state index is 3.66. The molecular weight excluding hydrogens is 238 g/mol. The number of nitrogens with one attached hydrogen (secondary N) is 1. The van der Waals surface area contributed by atoms with E-state index in [4.69, 9.17) is 0 Å². The van der Waals surface area contributed by atoms with Crippen molar-refractivity contribution in [1.29, 1.82) is 0 Å². The largest absolute Gasteiger partial charge is 0.314 e. The lowest BCUT2D eigenvalue weighted by atomic mass is 9.85. The summed E-state index contributed by atoms with van der Waals surface area (Å²) < 4.78 is 0. The van der Waals surface area contributed by atoms with Crippen LogP contribution in [0.3, 0.4) is 0 Å². The SMILES string of the molecule is CC(C)NCC1CCCCCC1Cc1cccs1. The fourth-order valence-corrected chi connectivity index (χ4v) is 3.87. The molecule has 0 amide bonds. The van der Waals surface area contributed by atoms with Crippen LogP contribution >= 0.6 is 11.3 Å². The molecule has 1 aliphatic carbocycles. The van der Waals surface area contributed by atoms with Crippen LogP contribution in [0.1, 0.15) is 50.8 Å². The van der Waals surface area contributed by atoms with Gasteiger partial charge in [-0.15, -0.1) is 11.3 Å². The fraction of sp³-hybridized carbons (Fsp3) is 0.750. The molecule has 1 heterocycles. The molecule has 0 aromatic carbocycles. The molecule has 0 saturated heterocycles. The first kappa shape index (κ1) is 14.1. The van der Waals surface area contributed by atoms with Crippen LogP contribution in [-0.2, 0) is 6.42 Å². The Balaban J connectivity index is 1.93. The minimum atomic E-state index is 0.621. The molecule has 1 nitrogen and oxygen atoms in total. The highest BCUT2D eigenvalue weighted by Gasteiger charge is 2.24. The van der Waals surface area contributed by atoms with Crippen molar-refractivity contribution in [2.45, 2.75) is 58.4 Å². The Morgan fingerprint density at radius 1 is 1.22 bits per heavy atom. The highest BCUT2D eigenvalue weighted by molar-refractivity contribution is 7.09. The van der Waals surface area contributed by atoms with E-state index in [2.05, 4.69) is 36.7 Å². The topological polar surface area (TPSA) is 12.0 Å². The van der Waals surface area contributed by atoms with E-state index in [0.29, 0.717) is 6.04 Å². The molecule has 1 aromatic rings. The molecule has 1 aromatic heterocycles. The molecule has 2 atom stereocenters. The van der Waals surface area contributed by atoms with Crippen LogP contribution in [-0.4, -0.2) is 12.6 Å². The molecule has 1 N–H and O–H groups in total. The highest BCUT2D eigenvalue weighted by atomic mass is 32.1. The first-order chi connectivity index (χ1) is 8.75. The molecular formula is C16H27NS. The van der Waals surface area contributed by atoms with Crippen molar-refractivity contribution < 1.29 is 0 Å². The van der Waals surface area contributed by atoms with E-state index in [9.17, 15) is 0 Å². The minimum Gasteiger partial charge on any atom is -0.314 e. The number of hydrogen-bond acceptors (Lipinski definition) is 2. The standard InChI is InChI=1S/C16H27NS/c1-13(2)17-12-15-8-5-3-4-7-14(15)11-16-9-6-10-18-16/h6,9-10,13-15,17H,3-5,7-8,11-12H2,1-2H3. The van der Waals surface area contributed by atoms with Crippen LogP contribution in [0.15, 0.2) is 17.5 Å². The highest BCUT2D eigenvalue weighted by Crippen LogP contribution is 2.32. The van der Waals surface area contributed by atoms with Crippen LogP contribution < -0.4 is 5.32 Å². The maximum atomic E-state index is 3.66. The van der Waals surface area contributed by atoms with Crippen LogP contribution in [0, 0.1) is 11.8 Å². The summed E-state index contributed by atoms with van der Waals surface area (Å²) in [6, 6.07) is 5.12. The molecule has 0 spiro atoms. The summed E-state index contributed by atoms with van der Waals surface area (Å²) in [5.74, 6) is 1.79. The average Bonchev–Trinajstić information content (AvgIpc) is 2.74. The third-order valence-electron chi connectivity index (χ3n) is 4.15. The van der Waals surface area contributed by atoms with Gasteiger partial charge in [0.05, 0.1) is 0 Å². The Bertz CT molecular complexity index is 318. The van der Waals surface area contributed by atoms with Crippen LogP contribution in [0.25, 0.3) is 0 Å². The maximum Gasteiger partial charge on any atom is 0.00480 e. The van der Waals surface area contributed by atoms with Gasteiger partial charge in [-0.2, -0.15) is 0 Å². The predicted octanol–water partition coefficient (Wildman–Crippen LogP) is 4.49. The summed E-state index contributed by atoms with van der Waals surface area (Å²) in [7, 11) is 0. The minimum absolute atomic E-state index is 0.621. The van der Waals surface area contributed by atoms with Gasteiger partial charge in [0.1, 0.15) is 0 Å². The Morgan fingerprint density at radius 2 is 2.00 bits per heavy atom. The molecule has 18 heavy (non-hydrogen) atoms. The molecule has 1 saturated carbocycles. The van der Waals surface area contributed by atoms with Gasteiger partial charge in [-0.25, -0.2) is 0 Å². The molecule has 102 valence electrons. The summed E-state index contributed by atoms with van der Waals surface area (Å²) >= 11 is 1.93. The second kappa shape index (κ2) is 7.30. The zero-order valence-corrected chi connectivity index (χ0v) is 12.6. The van der Waals surface area contributed by atoms with Crippen molar-refractivity contribution in [3.63, 3.8) is 0 Å². The van der Waals surface area contributed by atoms with E-state index in [1.165, 1.54) is 45.1 Å². The van der Waals surface area contributed by atoms with E-state index in [1.54, 1.807) is 4.88 Å². The van der Waals surface area contributed by atoms with Gasteiger partial charge in [-0.05, 0) is 49.1 Å². The molecule has 0 aliphatic heterocycles. The quantitative estimate of drug-likeness (QED) is 0.774. The third-order valence-corrected chi connectivity index (χ3v) is 5.05. The Morgan fingerprint density at radius 3 is 2.67 bits per heavy atom. The summed E-state index contributed by atoms with van der Waals surface area (Å²) in [5, 5.41) is 5.87. The first-order valence-electron chi connectivity index (χ1n) is 7.51. The van der Waals surface area contributed by atoms with Crippen molar-refractivity contribution in [3.05, 3.63) is 22.4 Å². The van der Waals surface area contributed by atoms with Crippen LogP contribution in [0.5, 0.6) is 0 Å². The van der Waals surface area contributed by atoms with Crippen molar-refractivity contribution in [2.24, 2.45) is 11.8 Å². The van der Waals surface area contributed by atoms with Gasteiger partial charge in [0.2, 0.25) is 0 Å². The molecule has 1 aliphatic rings. The number of hydrogen-bond donors (Lipinski definition) is 1. The van der Waals surface area contributed by atoms with Crippen molar-refractivity contribution >= 4 is 11.3 Å². The lowest BCUT2D eigenvalue weighted by Crippen LogP contribution is -2.32. The predicted molar refractivity (Wildman–Crippen MR) is 81.2 cm³/mol. The van der Waals surface area contributed by atoms with Crippen molar-refractivity contribution in [3.8, 4) is 0 Å². The Labute approximate surface area is 116 Å². The van der Waals surface area contributed by atoms with Crippen molar-refractivity contribution in [2.75, 3.05) is 6.54 Å². The zero-order chi connectivity index (χ0) is 12.8. The number of rotatable bonds is 5. The summed E-state index contributed by atoms with van der Waals surface area (Å²) in [4.78, 5) is 1.58. The molecule has 1 fully saturated rings.